The predicted molar refractivity (Wildman–Crippen MR) is 89.7 cm³/mol. The summed E-state index contributed by atoms with van der Waals surface area (Å²) in [5, 5.41) is 3.78. The van der Waals surface area contributed by atoms with Gasteiger partial charge in [-0.3, -0.25) is 0 Å². The summed E-state index contributed by atoms with van der Waals surface area (Å²) in [7, 11) is 0. The van der Waals surface area contributed by atoms with E-state index in [0.29, 0.717) is 0 Å². The summed E-state index contributed by atoms with van der Waals surface area (Å²) in [4.78, 5) is 4.93. The van der Waals surface area contributed by atoms with Crippen LogP contribution in [0.15, 0.2) is 54.6 Å². The molecule has 2 aromatic heterocycles. The highest BCUT2D eigenvalue weighted by molar-refractivity contribution is 6.10. The minimum absolute atomic E-state index is 1.03. The number of aryl methyl sites for hydroxylation is 1. The van der Waals surface area contributed by atoms with Gasteiger partial charge in [-0.1, -0.05) is 49.7 Å². The van der Waals surface area contributed by atoms with Crippen molar-refractivity contribution in [1.29, 1.82) is 0 Å². The zero-order valence-electron chi connectivity index (χ0n) is 12.2. The summed E-state index contributed by atoms with van der Waals surface area (Å²) in [6.07, 6.45) is 2.38. The Morgan fingerprint density at radius 2 is 1.76 bits per heavy atom. The first-order valence-electron chi connectivity index (χ1n) is 7.65. The lowest BCUT2D eigenvalue weighted by molar-refractivity contribution is 0.661. The first kappa shape index (κ1) is 12.4. The Labute approximate surface area is 124 Å². The molecule has 2 heterocycles. The smallest absolute Gasteiger partial charge is 0.141 e. The zero-order valence-corrected chi connectivity index (χ0v) is 12.2. The molecule has 2 aromatic carbocycles. The quantitative estimate of drug-likeness (QED) is 0.505. The standard InChI is InChI=1S/C19H18N2/c1-2-3-12-21-18-11-7-5-9-15(18)16-13-14-8-4-6-10-17(14)20-19(16)21/h4-11,13H,2-3,12H2,1H3. The largest absolute Gasteiger partial charge is 0.325 e. The van der Waals surface area contributed by atoms with Gasteiger partial charge < -0.3 is 4.57 Å². The van der Waals surface area contributed by atoms with E-state index in [-0.39, 0.29) is 0 Å². The molecule has 0 aliphatic rings. The molecule has 21 heavy (non-hydrogen) atoms. The van der Waals surface area contributed by atoms with Gasteiger partial charge in [0.05, 0.1) is 11.0 Å². The fourth-order valence-electron chi connectivity index (χ4n) is 3.10. The van der Waals surface area contributed by atoms with E-state index in [4.69, 9.17) is 4.98 Å². The number of rotatable bonds is 3. The van der Waals surface area contributed by atoms with Crippen LogP contribution >= 0.6 is 0 Å². The number of para-hydroxylation sites is 2. The highest BCUT2D eigenvalue weighted by Gasteiger charge is 2.12. The normalized spacial score (nSPS) is 11.7. The van der Waals surface area contributed by atoms with E-state index in [0.717, 1.165) is 17.7 Å². The Morgan fingerprint density at radius 3 is 2.67 bits per heavy atom. The number of pyridine rings is 1. The van der Waals surface area contributed by atoms with Gasteiger partial charge in [0.2, 0.25) is 0 Å². The predicted octanol–water partition coefficient (Wildman–Crippen LogP) is 5.14. The van der Waals surface area contributed by atoms with E-state index in [9.17, 15) is 0 Å². The van der Waals surface area contributed by atoms with Crippen molar-refractivity contribution in [2.75, 3.05) is 0 Å². The van der Waals surface area contributed by atoms with Gasteiger partial charge in [0, 0.05) is 22.7 Å². The molecule has 0 spiro atoms. The molecule has 0 radical (unpaired) electrons. The summed E-state index contributed by atoms with van der Waals surface area (Å²) < 4.78 is 2.38. The fourth-order valence-corrected chi connectivity index (χ4v) is 3.10. The summed E-state index contributed by atoms with van der Waals surface area (Å²) in [5.41, 5.74) is 3.48. The maximum Gasteiger partial charge on any atom is 0.141 e. The average Bonchev–Trinajstić information content (AvgIpc) is 2.84. The maximum absolute atomic E-state index is 4.93. The van der Waals surface area contributed by atoms with Crippen LogP contribution in [0, 0.1) is 0 Å². The second kappa shape index (κ2) is 4.88. The molecule has 0 atom stereocenters. The summed E-state index contributed by atoms with van der Waals surface area (Å²) in [6, 6.07) is 19.3. The van der Waals surface area contributed by atoms with E-state index < -0.39 is 0 Å². The van der Waals surface area contributed by atoms with Crippen LogP contribution in [-0.2, 0) is 6.54 Å². The van der Waals surface area contributed by atoms with E-state index in [1.165, 1.54) is 34.5 Å². The van der Waals surface area contributed by atoms with Gasteiger partial charge in [0.25, 0.3) is 0 Å². The molecule has 0 amide bonds. The summed E-state index contributed by atoms with van der Waals surface area (Å²) in [6.45, 7) is 3.27. The number of benzene rings is 2. The number of nitrogens with zero attached hydrogens (tertiary/aromatic N) is 2. The first-order valence-corrected chi connectivity index (χ1v) is 7.65. The molecule has 4 rings (SSSR count). The molecule has 0 unspecified atom stereocenters. The van der Waals surface area contributed by atoms with Crippen molar-refractivity contribution in [2.24, 2.45) is 0 Å². The van der Waals surface area contributed by atoms with Gasteiger partial charge in [0.1, 0.15) is 5.65 Å². The van der Waals surface area contributed by atoms with Gasteiger partial charge in [0.15, 0.2) is 0 Å². The van der Waals surface area contributed by atoms with E-state index in [1.807, 2.05) is 0 Å². The Kier molecular flexibility index (Phi) is 2.88. The van der Waals surface area contributed by atoms with Crippen molar-refractivity contribution in [3.63, 3.8) is 0 Å². The molecule has 0 saturated carbocycles. The monoisotopic (exact) mass is 274 g/mol. The molecule has 0 fully saturated rings. The molecule has 4 aromatic rings. The van der Waals surface area contributed by atoms with Crippen molar-refractivity contribution in [1.82, 2.24) is 9.55 Å². The summed E-state index contributed by atoms with van der Waals surface area (Å²) >= 11 is 0. The number of hydrogen-bond acceptors (Lipinski definition) is 1. The molecule has 0 aliphatic heterocycles. The lowest BCUT2D eigenvalue weighted by Crippen LogP contribution is -1.98. The number of unbranched alkanes of at least 4 members (excludes halogenated alkanes) is 1. The van der Waals surface area contributed by atoms with E-state index in [1.54, 1.807) is 0 Å². The van der Waals surface area contributed by atoms with Crippen LogP contribution in [-0.4, -0.2) is 9.55 Å². The molecule has 0 bridgehead atoms. The molecular weight excluding hydrogens is 256 g/mol. The molecule has 0 saturated heterocycles. The second-order valence-electron chi connectivity index (χ2n) is 5.57. The minimum Gasteiger partial charge on any atom is -0.325 e. The van der Waals surface area contributed by atoms with Crippen molar-refractivity contribution in [2.45, 2.75) is 26.3 Å². The Hall–Kier alpha value is -2.35. The van der Waals surface area contributed by atoms with Gasteiger partial charge in [-0.05, 0) is 24.6 Å². The van der Waals surface area contributed by atoms with Gasteiger partial charge in [-0.15, -0.1) is 0 Å². The number of hydrogen-bond donors (Lipinski definition) is 0. The van der Waals surface area contributed by atoms with Crippen LogP contribution in [0.3, 0.4) is 0 Å². The molecule has 0 aliphatic carbocycles. The van der Waals surface area contributed by atoms with Crippen molar-refractivity contribution >= 4 is 32.8 Å². The van der Waals surface area contributed by atoms with Crippen LogP contribution in [0.4, 0.5) is 0 Å². The van der Waals surface area contributed by atoms with Crippen LogP contribution in [0.5, 0.6) is 0 Å². The number of aromatic nitrogens is 2. The van der Waals surface area contributed by atoms with Crippen LogP contribution in [0.25, 0.3) is 32.8 Å². The second-order valence-corrected chi connectivity index (χ2v) is 5.57. The van der Waals surface area contributed by atoms with Crippen molar-refractivity contribution < 1.29 is 0 Å². The van der Waals surface area contributed by atoms with Crippen molar-refractivity contribution in [3.8, 4) is 0 Å². The molecule has 104 valence electrons. The molecule has 2 heteroatoms. The third-order valence-corrected chi connectivity index (χ3v) is 4.18. The van der Waals surface area contributed by atoms with Gasteiger partial charge >= 0.3 is 0 Å². The topological polar surface area (TPSA) is 17.8 Å². The van der Waals surface area contributed by atoms with E-state index >= 15 is 0 Å². The van der Waals surface area contributed by atoms with E-state index in [2.05, 4.69) is 66.1 Å². The Morgan fingerprint density at radius 1 is 0.952 bits per heavy atom. The van der Waals surface area contributed by atoms with Gasteiger partial charge in [-0.25, -0.2) is 4.98 Å². The Balaban J connectivity index is 2.13. The highest BCUT2D eigenvalue weighted by Crippen LogP contribution is 2.30. The number of fused-ring (bicyclic) bond motifs is 4. The SMILES string of the molecule is CCCCn1c2ccccc2c2cc3ccccc3nc21. The zero-order chi connectivity index (χ0) is 14.2. The lowest BCUT2D eigenvalue weighted by atomic mass is 10.1. The molecule has 0 N–H and O–H groups in total. The highest BCUT2D eigenvalue weighted by atomic mass is 15.0. The van der Waals surface area contributed by atoms with Crippen LogP contribution in [0.1, 0.15) is 19.8 Å². The molecule has 2 nitrogen and oxygen atoms in total. The van der Waals surface area contributed by atoms with Crippen LogP contribution in [0.2, 0.25) is 0 Å². The fraction of sp³-hybridized carbons (Fsp3) is 0.211. The maximum atomic E-state index is 4.93. The molecular formula is C19H18N2. The first-order chi connectivity index (χ1) is 10.4. The van der Waals surface area contributed by atoms with Gasteiger partial charge in [-0.2, -0.15) is 0 Å². The average molecular weight is 274 g/mol. The third-order valence-electron chi connectivity index (χ3n) is 4.18. The van der Waals surface area contributed by atoms with Crippen molar-refractivity contribution in [3.05, 3.63) is 54.6 Å². The lowest BCUT2D eigenvalue weighted by Gasteiger charge is -2.06. The minimum atomic E-state index is 1.03. The van der Waals surface area contributed by atoms with Crippen LogP contribution < -0.4 is 0 Å². The Bertz CT molecular complexity index is 934. The third kappa shape index (κ3) is 1.90. The summed E-state index contributed by atoms with van der Waals surface area (Å²) in [5.74, 6) is 0.